The summed E-state index contributed by atoms with van der Waals surface area (Å²) in [6, 6.07) is 34.2. The van der Waals surface area contributed by atoms with Crippen LogP contribution < -0.4 is 9.30 Å². The maximum absolute atomic E-state index is 10.9. The SMILES string of the molecule is C.O=S(=O)([O-])CCCOc1ccc(-c2cc3[n+]4c(c2)-c2ccccc2C4(C#Cc2cc(CO)cc(CO)c2)c2ccccc2-3)cc1. The van der Waals surface area contributed by atoms with E-state index < -0.39 is 21.4 Å². The van der Waals surface area contributed by atoms with Gasteiger partial charge < -0.3 is 19.5 Å². The van der Waals surface area contributed by atoms with Crippen molar-refractivity contribution < 1.29 is 32.5 Å². The Bertz CT molecular complexity index is 2040. The molecule has 232 valence electrons. The van der Waals surface area contributed by atoms with Gasteiger partial charge in [0.25, 0.3) is 5.54 Å². The van der Waals surface area contributed by atoms with Crippen molar-refractivity contribution in [3.63, 3.8) is 0 Å². The Morgan fingerprint density at radius 3 is 1.87 bits per heavy atom. The van der Waals surface area contributed by atoms with Crippen LogP contribution in [0.4, 0.5) is 0 Å². The van der Waals surface area contributed by atoms with Crippen molar-refractivity contribution in [1.29, 1.82) is 0 Å². The van der Waals surface area contributed by atoms with Gasteiger partial charge >= 0.3 is 0 Å². The second-order valence-electron chi connectivity index (χ2n) is 11.2. The lowest BCUT2D eigenvalue weighted by molar-refractivity contribution is -0.697. The molecule has 0 aliphatic carbocycles. The van der Waals surface area contributed by atoms with Crippen LogP contribution in [0.25, 0.3) is 33.6 Å². The maximum Gasteiger partial charge on any atom is 0.282 e. The van der Waals surface area contributed by atoms with E-state index in [1.165, 1.54) is 0 Å². The fraction of sp³-hybridized carbons (Fsp3) is 0.184. The van der Waals surface area contributed by atoms with E-state index in [0.717, 1.165) is 50.3 Å². The first-order chi connectivity index (χ1) is 21.8. The fourth-order valence-corrected chi connectivity index (χ4v) is 6.96. The minimum absolute atomic E-state index is 0. The summed E-state index contributed by atoms with van der Waals surface area (Å²) in [6.45, 7) is -0.131. The summed E-state index contributed by atoms with van der Waals surface area (Å²) in [6.07, 6.45) is 0.137. The largest absolute Gasteiger partial charge is 0.748 e. The number of benzene rings is 4. The Morgan fingerprint density at radius 2 is 1.33 bits per heavy atom. The molecule has 4 aromatic carbocycles. The molecule has 0 spiro atoms. The lowest BCUT2D eigenvalue weighted by atomic mass is 9.82. The van der Waals surface area contributed by atoms with Gasteiger partial charge in [-0.3, -0.25) is 0 Å². The smallest absolute Gasteiger partial charge is 0.282 e. The van der Waals surface area contributed by atoms with E-state index in [0.29, 0.717) is 16.9 Å². The number of hydrogen-bond donors (Lipinski definition) is 2. The number of aromatic nitrogens is 1. The van der Waals surface area contributed by atoms with Crippen molar-refractivity contribution >= 4 is 10.1 Å². The Balaban J connectivity index is 0.00000372. The Morgan fingerprint density at radius 1 is 0.761 bits per heavy atom. The number of nitrogens with zero attached hydrogens (tertiary/aromatic N) is 1. The normalized spacial score (nSPS) is 13.1. The Hall–Kier alpha value is -4.78. The zero-order valence-corrected chi connectivity index (χ0v) is 25.0. The lowest BCUT2D eigenvalue weighted by Gasteiger charge is -2.16. The van der Waals surface area contributed by atoms with Gasteiger partial charge in [-0.05, 0) is 83.1 Å². The summed E-state index contributed by atoms with van der Waals surface area (Å²) < 4.78 is 40.6. The van der Waals surface area contributed by atoms with Crippen LogP contribution in [-0.2, 0) is 28.9 Å². The zero-order valence-electron chi connectivity index (χ0n) is 24.2. The number of aliphatic hydroxyl groups is 2. The van der Waals surface area contributed by atoms with Crippen LogP contribution in [0.1, 0.15) is 41.7 Å². The number of fused-ring (bicyclic) bond motifs is 6. The third-order valence-electron chi connectivity index (χ3n) is 8.39. The fourth-order valence-electron chi connectivity index (χ4n) is 6.49. The van der Waals surface area contributed by atoms with Crippen LogP contribution in [0.15, 0.2) is 103 Å². The Kier molecular flexibility index (Phi) is 8.28. The third-order valence-corrected chi connectivity index (χ3v) is 9.18. The van der Waals surface area contributed by atoms with Crippen LogP contribution in [-0.4, -0.2) is 35.5 Å². The highest BCUT2D eigenvalue weighted by Gasteiger charge is 2.59. The monoisotopic (exact) mass is 631 g/mol. The van der Waals surface area contributed by atoms with E-state index in [9.17, 15) is 23.2 Å². The van der Waals surface area contributed by atoms with Gasteiger partial charge in [0, 0.05) is 23.4 Å². The highest BCUT2D eigenvalue weighted by Crippen LogP contribution is 2.50. The molecule has 0 unspecified atom stereocenters. The van der Waals surface area contributed by atoms with Crippen molar-refractivity contribution in [2.45, 2.75) is 32.6 Å². The summed E-state index contributed by atoms with van der Waals surface area (Å²) in [5, 5.41) is 19.6. The van der Waals surface area contributed by atoms with Crippen molar-refractivity contribution in [1.82, 2.24) is 0 Å². The molecular formula is C38H33NO6S. The predicted molar refractivity (Wildman–Crippen MR) is 176 cm³/mol. The molecule has 0 amide bonds. The summed E-state index contributed by atoms with van der Waals surface area (Å²) in [4.78, 5) is 0. The molecule has 2 aliphatic heterocycles. The number of aliphatic hydroxyl groups excluding tert-OH is 2. The highest BCUT2D eigenvalue weighted by atomic mass is 32.2. The summed E-state index contributed by atoms with van der Waals surface area (Å²) >= 11 is 0. The van der Waals surface area contributed by atoms with Gasteiger partial charge in [-0.25, -0.2) is 8.42 Å². The van der Waals surface area contributed by atoms with Crippen molar-refractivity contribution in [3.05, 3.63) is 131 Å². The molecule has 0 radical (unpaired) electrons. The van der Waals surface area contributed by atoms with Gasteiger partial charge in [0.05, 0.1) is 52.2 Å². The number of ether oxygens (including phenoxy) is 1. The van der Waals surface area contributed by atoms with E-state index in [1.54, 1.807) is 6.07 Å². The van der Waals surface area contributed by atoms with Crippen LogP contribution in [0.2, 0.25) is 0 Å². The van der Waals surface area contributed by atoms with Gasteiger partial charge in [0.2, 0.25) is 11.4 Å². The van der Waals surface area contributed by atoms with Crippen LogP contribution in [0.5, 0.6) is 5.75 Å². The van der Waals surface area contributed by atoms with Crippen LogP contribution >= 0.6 is 0 Å². The molecule has 2 aliphatic rings. The Labute approximate surface area is 269 Å². The quantitative estimate of drug-likeness (QED) is 0.103. The molecule has 3 heterocycles. The topological polar surface area (TPSA) is 111 Å². The highest BCUT2D eigenvalue weighted by molar-refractivity contribution is 7.85. The van der Waals surface area contributed by atoms with Crippen molar-refractivity contribution in [2.75, 3.05) is 12.4 Å². The van der Waals surface area contributed by atoms with E-state index in [4.69, 9.17) is 4.74 Å². The molecule has 8 heteroatoms. The first-order valence-corrected chi connectivity index (χ1v) is 16.2. The lowest BCUT2D eigenvalue weighted by Crippen LogP contribution is -2.52. The average Bonchev–Trinajstić information content (AvgIpc) is 3.51. The zero-order chi connectivity index (χ0) is 31.2. The second-order valence-corrected chi connectivity index (χ2v) is 12.8. The molecule has 0 atom stereocenters. The molecule has 0 bridgehead atoms. The summed E-state index contributed by atoms with van der Waals surface area (Å²) in [5.74, 6) is 7.22. The number of rotatable bonds is 8. The molecule has 2 N–H and O–H groups in total. The molecule has 7 rings (SSSR count). The molecule has 1 aromatic heterocycles. The standard InChI is InChI=1S/C37H29NO6S.CH4/c39-23-26-18-25(19-27(20-26)24-40)14-15-37-33-8-3-1-6-31(33)35-21-29(22-36(38(35)37)32-7-2-4-9-34(32)37)28-10-12-30(13-11-28)44-16-5-17-45(41,42)43;/h1-4,6-13,18-22,39-40H,5,16-17,23-24H2;1H4. The van der Waals surface area contributed by atoms with Crippen LogP contribution in [0, 0.1) is 11.8 Å². The molecule has 5 aromatic rings. The van der Waals surface area contributed by atoms with Crippen molar-refractivity contribution in [3.8, 4) is 51.2 Å². The number of pyridine rings is 1. The molecule has 46 heavy (non-hydrogen) atoms. The second kappa shape index (κ2) is 12.2. The minimum Gasteiger partial charge on any atom is -0.748 e. The van der Waals surface area contributed by atoms with E-state index in [2.05, 4.69) is 52.8 Å². The maximum atomic E-state index is 10.9. The van der Waals surface area contributed by atoms with Gasteiger partial charge in [-0.15, -0.1) is 0 Å². The van der Waals surface area contributed by atoms with Gasteiger partial charge in [0.1, 0.15) is 5.75 Å². The predicted octanol–water partition coefficient (Wildman–Crippen LogP) is 5.38. The molecule has 0 saturated heterocycles. The van der Waals surface area contributed by atoms with E-state index in [-0.39, 0.29) is 33.7 Å². The van der Waals surface area contributed by atoms with Crippen molar-refractivity contribution in [2.24, 2.45) is 0 Å². The van der Waals surface area contributed by atoms with Gasteiger partial charge in [-0.2, -0.15) is 4.57 Å². The average molecular weight is 632 g/mol. The van der Waals surface area contributed by atoms with E-state index in [1.807, 2.05) is 60.7 Å². The number of hydrogen-bond acceptors (Lipinski definition) is 6. The molecular weight excluding hydrogens is 598 g/mol. The summed E-state index contributed by atoms with van der Waals surface area (Å²) in [7, 11) is -4.26. The summed E-state index contributed by atoms with van der Waals surface area (Å²) in [5.41, 5.74) is 9.84. The van der Waals surface area contributed by atoms with Gasteiger partial charge in [0.15, 0.2) is 0 Å². The molecule has 0 saturated carbocycles. The van der Waals surface area contributed by atoms with E-state index >= 15 is 0 Å². The van der Waals surface area contributed by atoms with Gasteiger partial charge in [-0.1, -0.05) is 55.8 Å². The minimum atomic E-state index is -4.26. The van der Waals surface area contributed by atoms with Crippen LogP contribution in [0.3, 0.4) is 0 Å². The third kappa shape index (κ3) is 5.38. The molecule has 7 nitrogen and oxygen atoms in total. The first-order valence-electron chi connectivity index (χ1n) is 14.7. The first kappa shape index (κ1) is 31.2. The molecule has 0 fully saturated rings.